The number of nitrogens with one attached hydrogen (secondary N) is 2. The summed E-state index contributed by atoms with van der Waals surface area (Å²) in [4.78, 5) is 25.1. The predicted octanol–water partition coefficient (Wildman–Crippen LogP) is 4.49. The molecule has 2 atom stereocenters. The molecule has 1 heterocycles. The average molecular weight is 408 g/mol. The van der Waals surface area contributed by atoms with Gasteiger partial charge in [0, 0.05) is 4.88 Å². The third kappa shape index (κ3) is 5.31. The van der Waals surface area contributed by atoms with Gasteiger partial charge in [0.1, 0.15) is 6.04 Å². The van der Waals surface area contributed by atoms with Crippen LogP contribution in [0.25, 0.3) is 0 Å². The fourth-order valence-electron chi connectivity index (χ4n) is 3.20. The highest BCUT2D eigenvalue weighted by Crippen LogP contribution is 2.30. The van der Waals surface area contributed by atoms with E-state index in [9.17, 15) is 9.59 Å². The van der Waals surface area contributed by atoms with Crippen molar-refractivity contribution < 1.29 is 9.59 Å². The highest BCUT2D eigenvalue weighted by molar-refractivity contribution is 7.10. The van der Waals surface area contributed by atoms with E-state index in [0.29, 0.717) is 5.92 Å². The first-order valence-electron chi connectivity index (χ1n) is 9.50. The molecule has 0 saturated heterocycles. The van der Waals surface area contributed by atoms with Gasteiger partial charge in [-0.05, 0) is 34.1 Å². The largest absolute Gasteiger partial charge is 0.351 e. The molecule has 2 aromatic carbocycles. The second kappa shape index (κ2) is 9.49. The van der Waals surface area contributed by atoms with Crippen LogP contribution in [-0.2, 0) is 4.79 Å². The average Bonchev–Trinajstić information content (AvgIpc) is 3.23. The number of amides is 3. The zero-order chi connectivity index (χ0) is 20.8. The van der Waals surface area contributed by atoms with Crippen LogP contribution in [0.3, 0.4) is 0 Å². The highest BCUT2D eigenvalue weighted by atomic mass is 32.1. The van der Waals surface area contributed by atoms with Crippen LogP contribution in [0.2, 0.25) is 0 Å². The van der Waals surface area contributed by atoms with E-state index in [1.54, 1.807) is 11.3 Å². The Balaban J connectivity index is 1.97. The minimum Gasteiger partial charge on any atom is -0.351 e. The van der Waals surface area contributed by atoms with Gasteiger partial charge in [-0.15, -0.1) is 11.3 Å². The molecule has 6 heteroatoms. The summed E-state index contributed by atoms with van der Waals surface area (Å²) in [5.41, 5.74) is 8.25. The standard InChI is InChI=1S/C23H25N3O2S/c1-15(2)16-10-12-18(13-11-16)20(19-9-6-14-29-19)25-21(22(27)26-23(24)28)17-7-4-3-5-8-17/h3-15,20-21,25H,1-2H3,(H3,24,26,27,28)/t20-,21-/m0/s1. The Labute approximate surface area is 175 Å². The Kier molecular flexibility index (Phi) is 6.80. The molecule has 150 valence electrons. The summed E-state index contributed by atoms with van der Waals surface area (Å²) in [6, 6.07) is 19.9. The number of carbonyl (C=O) groups excluding carboxylic acids is 2. The number of nitrogens with two attached hydrogens (primary N) is 1. The highest BCUT2D eigenvalue weighted by Gasteiger charge is 2.27. The molecule has 3 amide bonds. The molecule has 0 radical (unpaired) electrons. The molecule has 0 aliphatic rings. The molecule has 0 spiro atoms. The molecule has 0 unspecified atom stereocenters. The molecule has 1 aromatic heterocycles. The van der Waals surface area contributed by atoms with Crippen molar-refractivity contribution >= 4 is 23.3 Å². The number of primary amides is 1. The third-order valence-electron chi connectivity index (χ3n) is 4.74. The quantitative estimate of drug-likeness (QED) is 0.540. The lowest BCUT2D eigenvalue weighted by molar-refractivity contribution is -0.122. The summed E-state index contributed by atoms with van der Waals surface area (Å²) in [5.74, 6) is -0.0420. The smallest absolute Gasteiger partial charge is 0.318 e. The second-order valence-corrected chi connectivity index (χ2v) is 8.11. The van der Waals surface area contributed by atoms with Crippen LogP contribution >= 0.6 is 11.3 Å². The van der Waals surface area contributed by atoms with Gasteiger partial charge in [-0.25, -0.2) is 4.79 Å². The summed E-state index contributed by atoms with van der Waals surface area (Å²) in [6.07, 6.45) is 0. The predicted molar refractivity (Wildman–Crippen MR) is 117 cm³/mol. The molecule has 4 N–H and O–H groups in total. The van der Waals surface area contributed by atoms with Crippen LogP contribution < -0.4 is 16.4 Å². The monoisotopic (exact) mass is 407 g/mol. The van der Waals surface area contributed by atoms with Gasteiger partial charge in [0.25, 0.3) is 0 Å². The molecule has 3 aromatic rings. The maximum Gasteiger partial charge on any atom is 0.318 e. The summed E-state index contributed by atoms with van der Waals surface area (Å²) < 4.78 is 0. The second-order valence-electron chi connectivity index (χ2n) is 7.13. The van der Waals surface area contributed by atoms with E-state index in [4.69, 9.17) is 5.73 Å². The number of benzene rings is 2. The van der Waals surface area contributed by atoms with Gasteiger partial charge < -0.3 is 5.73 Å². The van der Waals surface area contributed by atoms with E-state index in [1.807, 2.05) is 47.8 Å². The number of carbonyl (C=O) groups is 2. The van der Waals surface area contributed by atoms with Crippen molar-refractivity contribution in [3.8, 4) is 0 Å². The van der Waals surface area contributed by atoms with Gasteiger partial charge >= 0.3 is 6.03 Å². The lowest BCUT2D eigenvalue weighted by Crippen LogP contribution is -2.44. The van der Waals surface area contributed by atoms with Crippen molar-refractivity contribution in [3.63, 3.8) is 0 Å². The zero-order valence-corrected chi connectivity index (χ0v) is 17.3. The van der Waals surface area contributed by atoms with Crippen molar-refractivity contribution in [1.82, 2.24) is 10.6 Å². The van der Waals surface area contributed by atoms with Crippen LogP contribution in [0.4, 0.5) is 4.79 Å². The molecule has 0 saturated carbocycles. The van der Waals surface area contributed by atoms with E-state index in [-0.39, 0.29) is 6.04 Å². The van der Waals surface area contributed by atoms with Gasteiger partial charge in [-0.3, -0.25) is 15.4 Å². The summed E-state index contributed by atoms with van der Waals surface area (Å²) in [7, 11) is 0. The SMILES string of the molecule is CC(C)c1ccc([C@H](N[C@H](C(=O)NC(N)=O)c2ccccc2)c2cccs2)cc1. The number of urea groups is 1. The van der Waals surface area contributed by atoms with Gasteiger partial charge in [0.2, 0.25) is 5.91 Å². The maximum absolute atomic E-state index is 12.8. The van der Waals surface area contributed by atoms with E-state index >= 15 is 0 Å². The fourth-order valence-corrected chi connectivity index (χ4v) is 4.01. The topological polar surface area (TPSA) is 84.2 Å². The number of imide groups is 1. The number of thiophene rings is 1. The first kappa shape index (κ1) is 20.8. The summed E-state index contributed by atoms with van der Waals surface area (Å²) >= 11 is 1.61. The van der Waals surface area contributed by atoms with Crippen molar-refractivity contribution in [3.05, 3.63) is 93.7 Å². The van der Waals surface area contributed by atoms with Crippen LogP contribution in [0, 0.1) is 0 Å². The Bertz CT molecular complexity index is 938. The van der Waals surface area contributed by atoms with Crippen molar-refractivity contribution in [2.45, 2.75) is 31.8 Å². The van der Waals surface area contributed by atoms with Gasteiger partial charge in [-0.1, -0.05) is 74.5 Å². The van der Waals surface area contributed by atoms with Gasteiger partial charge in [0.15, 0.2) is 0 Å². The molecule has 0 fully saturated rings. The Morgan fingerprint density at radius 2 is 1.52 bits per heavy atom. The summed E-state index contributed by atoms with van der Waals surface area (Å²) in [5, 5.41) is 7.65. The van der Waals surface area contributed by atoms with Crippen LogP contribution in [0.15, 0.2) is 72.1 Å². The van der Waals surface area contributed by atoms with E-state index in [2.05, 4.69) is 48.7 Å². The maximum atomic E-state index is 12.8. The van der Waals surface area contributed by atoms with Gasteiger partial charge in [0.05, 0.1) is 6.04 Å². The number of rotatable bonds is 7. The normalized spacial score (nSPS) is 13.1. The lowest BCUT2D eigenvalue weighted by atomic mass is 9.97. The van der Waals surface area contributed by atoms with Crippen LogP contribution in [0.5, 0.6) is 0 Å². The fraction of sp³-hybridized carbons (Fsp3) is 0.217. The molecule has 0 bridgehead atoms. The Hall–Kier alpha value is -2.96. The molecule has 0 aliphatic carbocycles. The summed E-state index contributed by atoms with van der Waals surface area (Å²) in [6.45, 7) is 4.31. The van der Waals surface area contributed by atoms with Crippen molar-refractivity contribution in [1.29, 1.82) is 0 Å². The van der Waals surface area contributed by atoms with Crippen molar-refractivity contribution in [2.24, 2.45) is 5.73 Å². The zero-order valence-electron chi connectivity index (χ0n) is 16.5. The molecule has 29 heavy (non-hydrogen) atoms. The number of hydrogen-bond donors (Lipinski definition) is 3. The van der Waals surface area contributed by atoms with Crippen LogP contribution in [0.1, 0.15) is 53.4 Å². The number of hydrogen-bond acceptors (Lipinski definition) is 4. The lowest BCUT2D eigenvalue weighted by Gasteiger charge is -2.25. The minimum atomic E-state index is -0.869. The molecule has 0 aliphatic heterocycles. The minimum absolute atomic E-state index is 0.208. The molecule has 5 nitrogen and oxygen atoms in total. The van der Waals surface area contributed by atoms with E-state index in [1.165, 1.54) is 5.56 Å². The van der Waals surface area contributed by atoms with Crippen LogP contribution in [-0.4, -0.2) is 11.9 Å². The Morgan fingerprint density at radius 3 is 2.07 bits per heavy atom. The first-order valence-corrected chi connectivity index (χ1v) is 10.4. The van der Waals surface area contributed by atoms with Gasteiger partial charge in [-0.2, -0.15) is 0 Å². The third-order valence-corrected chi connectivity index (χ3v) is 5.68. The van der Waals surface area contributed by atoms with Crippen molar-refractivity contribution in [2.75, 3.05) is 0 Å². The van der Waals surface area contributed by atoms with E-state index in [0.717, 1.165) is 16.0 Å². The molecule has 3 rings (SSSR count). The van der Waals surface area contributed by atoms with E-state index < -0.39 is 18.0 Å². The molecular formula is C23H25N3O2S. The molecular weight excluding hydrogens is 382 g/mol. The Morgan fingerprint density at radius 1 is 0.862 bits per heavy atom. The first-order chi connectivity index (χ1) is 14.0.